The lowest BCUT2D eigenvalue weighted by molar-refractivity contribution is 0.244. The van der Waals surface area contributed by atoms with Gasteiger partial charge in [-0.25, -0.2) is 4.79 Å². The van der Waals surface area contributed by atoms with Crippen molar-refractivity contribution in [2.24, 2.45) is 5.92 Å². The van der Waals surface area contributed by atoms with Gasteiger partial charge in [0.15, 0.2) is 11.5 Å². The molecule has 0 spiro atoms. The van der Waals surface area contributed by atoms with Gasteiger partial charge in [-0.1, -0.05) is 19.9 Å². The first-order chi connectivity index (χ1) is 11.6. The number of benzene rings is 1. The molecule has 2 heterocycles. The first kappa shape index (κ1) is 16.2. The van der Waals surface area contributed by atoms with Crippen LogP contribution in [0.4, 0.5) is 10.5 Å². The van der Waals surface area contributed by atoms with Crippen LogP contribution in [0.5, 0.6) is 11.5 Å². The van der Waals surface area contributed by atoms with Gasteiger partial charge in [0, 0.05) is 12.6 Å². The number of anilines is 1. The van der Waals surface area contributed by atoms with E-state index in [-0.39, 0.29) is 18.0 Å². The van der Waals surface area contributed by atoms with Crippen LogP contribution in [-0.2, 0) is 0 Å². The van der Waals surface area contributed by atoms with Crippen molar-refractivity contribution in [1.82, 2.24) is 15.5 Å². The SMILES string of the molecule is CC(C)[C@H](NC(=O)Nc1cn[nH]c1)c1ccc2c(c1)OCCCO2. The molecule has 2 aromatic rings. The Kier molecular flexibility index (Phi) is 4.88. The van der Waals surface area contributed by atoms with Gasteiger partial charge in [-0.3, -0.25) is 5.10 Å². The Morgan fingerprint density at radius 3 is 2.75 bits per heavy atom. The number of carbonyl (C=O) groups is 1. The normalized spacial score (nSPS) is 14.8. The van der Waals surface area contributed by atoms with Crippen LogP contribution in [-0.4, -0.2) is 29.4 Å². The third-order valence-electron chi connectivity index (χ3n) is 3.84. The molecule has 1 aromatic heterocycles. The number of ether oxygens (including phenoxy) is 2. The molecule has 7 heteroatoms. The number of carbonyl (C=O) groups excluding carboxylic acids is 1. The monoisotopic (exact) mass is 330 g/mol. The van der Waals surface area contributed by atoms with Crippen LogP contribution in [0.25, 0.3) is 0 Å². The van der Waals surface area contributed by atoms with Crippen LogP contribution in [0.15, 0.2) is 30.6 Å². The smallest absolute Gasteiger partial charge is 0.319 e. The minimum absolute atomic E-state index is 0.144. The number of nitrogens with one attached hydrogen (secondary N) is 3. The molecule has 0 bridgehead atoms. The van der Waals surface area contributed by atoms with Crippen LogP contribution in [0.3, 0.4) is 0 Å². The highest BCUT2D eigenvalue weighted by Crippen LogP contribution is 2.34. The van der Waals surface area contributed by atoms with E-state index in [1.54, 1.807) is 12.4 Å². The fraction of sp³-hybridized carbons (Fsp3) is 0.412. The third-order valence-corrected chi connectivity index (χ3v) is 3.84. The van der Waals surface area contributed by atoms with Crippen molar-refractivity contribution < 1.29 is 14.3 Å². The van der Waals surface area contributed by atoms with Gasteiger partial charge in [0.25, 0.3) is 0 Å². The second kappa shape index (κ2) is 7.25. The number of fused-ring (bicyclic) bond motifs is 1. The summed E-state index contributed by atoms with van der Waals surface area (Å²) in [6.07, 6.45) is 4.04. The predicted octanol–water partition coefficient (Wildman–Crippen LogP) is 3.09. The van der Waals surface area contributed by atoms with Crippen molar-refractivity contribution in [1.29, 1.82) is 0 Å². The van der Waals surface area contributed by atoms with E-state index in [0.29, 0.717) is 18.9 Å². The molecule has 2 amide bonds. The van der Waals surface area contributed by atoms with Gasteiger partial charge in [0.2, 0.25) is 0 Å². The standard InChI is InChI=1S/C17H22N4O3/c1-11(2)16(21-17(22)20-13-9-18-19-10-13)12-4-5-14-15(8-12)24-7-3-6-23-14/h4-5,8-11,16H,3,6-7H2,1-2H3,(H,18,19)(H2,20,21,22)/t16-/m0/s1. The number of nitrogens with zero attached hydrogens (tertiary/aromatic N) is 1. The van der Waals surface area contributed by atoms with E-state index >= 15 is 0 Å². The number of hydrogen-bond acceptors (Lipinski definition) is 4. The molecule has 1 aromatic carbocycles. The average molecular weight is 330 g/mol. The zero-order valence-electron chi connectivity index (χ0n) is 13.8. The van der Waals surface area contributed by atoms with Gasteiger partial charge < -0.3 is 20.1 Å². The van der Waals surface area contributed by atoms with Crippen molar-refractivity contribution in [2.75, 3.05) is 18.5 Å². The second-order valence-corrected chi connectivity index (χ2v) is 6.06. The van der Waals surface area contributed by atoms with Crippen molar-refractivity contribution in [3.8, 4) is 11.5 Å². The summed E-state index contributed by atoms with van der Waals surface area (Å²) in [5.41, 5.74) is 1.60. The number of aromatic amines is 1. The minimum Gasteiger partial charge on any atom is -0.490 e. The Hall–Kier alpha value is -2.70. The van der Waals surface area contributed by atoms with Gasteiger partial charge in [-0.2, -0.15) is 5.10 Å². The van der Waals surface area contributed by atoms with Gasteiger partial charge >= 0.3 is 6.03 Å². The molecule has 0 aliphatic carbocycles. The molecule has 24 heavy (non-hydrogen) atoms. The highest BCUT2D eigenvalue weighted by Gasteiger charge is 2.21. The lowest BCUT2D eigenvalue weighted by atomic mass is 9.96. The van der Waals surface area contributed by atoms with E-state index in [4.69, 9.17) is 9.47 Å². The fourth-order valence-electron chi connectivity index (χ4n) is 2.64. The zero-order valence-corrected chi connectivity index (χ0v) is 13.8. The molecule has 0 unspecified atom stereocenters. The Balaban J connectivity index is 1.75. The highest BCUT2D eigenvalue weighted by molar-refractivity contribution is 5.89. The maximum absolute atomic E-state index is 12.2. The number of amides is 2. The first-order valence-corrected chi connectivity index (χ1v) is 8.09. The van der Waals surface area contributed by atoms with E-state index < -0.39 is 0 Å². The fourth-order valence-corrected chi connectivity index (χ4v) is 2.64. The van der Waals surface area contributed by atoms with Crippen LogP contribution in [0.2, 0.25) is 0 Å². The van der Waals surface area contributed by atoms with E-state index in [9.17, 15) is 4.79 Å². The maximum atomic E-state index is 12.2. The van der Waals surface area contributed by atoms with Crippen molar-refractivity contribution in [3.05, 3.63) is 36.2 Å². The van der Waals surface area contributed by atoms with E-state index in [0.717, 1.165) is 23.5 Å². The summed E-state index contributed by atoms with van der Waals surface area (Å²) in [5.74, 6) is 1.69. The molecular weight excluding hydrogens is 308 g/mol. The molecule has 1 aliphatic heterocycles. The molecule has 0 saturated carbocycles. The van der Waals surface area contributed by atoms with Crippen LogP contribution in [0.1, 0.15) is 31.9 Å². The summed E-state index contributed by atoms with van der Waals surface area (Å²) >= 11 is 0. The third kappa shape index (κ3) is 3.79. The minimum atomic E-state index is -0.276. The zero-order chi connectivity index (χ0) is 16.9. The number of H-pyrrole nitrogens is 1. The lowest BCUT2D eigenvalue weighted by Crippen LogP contribution is -2.35. The Labute approximate surface area is 140 Å². The lowest BCUT2D eigenvalue weighted by Gasteiger charge is -2.24. The van der Waals surface area contributed by atoms with Gasteiger partial charge in [-0.05, 0) is 23.6 Å². The molecule has 3 N–H and O–H groups in total. The average Bonchev–Trinajstić information content (AvgIpc) is 2.94. The van der Waals surface area contributed by atoms with Gasteiger partial charge in [0.05, 0.1) is 31.1 Å². The maximum Gasteiger partial charge on any atom is 0.319 e. The summed E-state index contributed by atoms with van der Waals surface area (Å²) in [5, 5.41) is 12.2. The quantitative estimate of drug-likeness (QED) is 0.804. The van der Waals surface area contributed by atoms with Crippen LogP contribution < -0.4 is 20.1 Å². The molecule has 128 valence electrons. The second-order valence-electron chi connectivity index (χ2n) is 6.06. The highest BCUT2D eigenvalue weighted by atomic mass is 16.5. The number of urea groups is 1. The molecule has 3 rings (SSSR count). The Bertz CT molecular complexity index is 685. The first-order valence-electron chi connectivity index (χ1n) is 8.09. The summed E-state index contributed by atoms with van der Waals surface area (Å²) in [6.45, 7) is 5.42. The van der Waals surface area contributed by atoms with E-state index in [1.165, 1.54) is 0 Å². The summed E-state index contributed by atoms with van der Waals surface area (Å²) < 4.78 is 11.4. The number of aromatic nitrogens is 2. The summed E-state index contributed by atoms with van der Waals surface area (Å²) in [4.78, 5) is 12.2. The number of rotatable bonds is 4. The van der Waals surface area contributed by atoms with Crippen molar-refractivity contribution in [3.63, 3.8) is 0 Å². The molecule has 1 aliphatic rings. The predicted molar refractivity (Wildman–Crippen MR) is 90.4 cm³/mol. The van der Waals surface area contributed by atoms with Gasteiger partial charge in [-0.15, -0.1) is 0 Å². The van der Waals surface area contributed by atoms with Crippen LogP contribution in [0, 0.1) is 5.92 Å². The Morgan fingerprint density at radius 2 is 2.04 bits per heavy atom. The Morgan fingerprint density at radius 1 is 1.25 bits per heavy atom. The topological polar surface area (TPSA) is 88.3 Å². The number of hydrogen-bond donors (Lipinski definition) is 3. The van der Waals surface area contributed by atoms with Crippen LogP contribution >= 0.6 is 0 Å². The molecular formula is C17H22N4O3. The van der Waals surface area contributed by atoms with Crippen molar-refractivity contribution in [2.45, 2.75) is 26.3 Å². The molecule has 0 radical (unpaired) electrons. The van der Waals surface area contributed by atoms with Crippen molar-refractivity contribution >= 4 is 11.7 Å². The largest absolute Gasteiger partial charge is 0.490 e. The van der Waals surface area contributed by atoms with E-state index in [1.807, 2.05) is 18.2 Å². The molecule has 0 fully saturated rings. The molecule has 7 nitrogen and oxygen atoms in total. The molecule has 1 atom stereocenters. The van der Waals surface area contributed by atoms with E-state index in [2.05, 4.69) is 34.7 Å². The summed E-state index contributed by atoms with van der Waals surface area (Å²) in [7, 11) is 0. The van der Waals surface area contributed by atoms with Gasteiger partial charge in [0.1, 0.15) is 0 Å². The summed E-state index contributed by atoms with van der Waals surface area (Å²) in [6, 6.07) is 5.40. The molecule has 0 saturated heterocycles.